The number of aromatic amines is 1. The van der Waals surface area contributed by atoms with Gasteiger partial charge in [-0.05, 0) is 39.7 Å². The molecule has 0 saturated heterocycles. The van der Waals surface area contributed by atoms with Crippen LogP contribution in [0.25, 0.3) is 11.1 Å². The lowest BCUT2D eigenvalue weighted by Crippen LogP contribution is -2.31. The van der Waals surface area contributed by atoms with Gasteiger partial charge in [0.25, 0.3) is 0 Å². The summed E-state index contributed by atoms with van der Waals surface area (Å²) in [6, 6.07) is 9.17. The van der Waals surface area contributed by atoms with E-state index in [4.69, 9.17) is 24.0 Å². The van der Waals surface area contributed by atoms with Crippen LogP contribution in [0.3, 0.4) is 0 Å². The van der Waals surface area contributed by atoms with Crippen molar-refractivity contribution in [3.05, 3.63) is 50.4 Å². The van der Waals surface area contributed by atoms with Crippen LogP contribution in [0.5, 0.6) is 17.2 Å². The van der Waals surface area contributed by atoms with Gasteiger partial charge < -0.3 is 18.6 Å². The summed E-state index contributed by atoms with van der Waals surface area (Å²) in [6.45, 7) is 0. The van der Waals surface area contributed by atoms with Crippen LogP contribution in [0.4, 0.5) is 0 Å². The molecule has 9 heteroatoms. The first-order valence-corrected chi connectivity index (χ1v) is 9.00. The zero-order chi connectivity index (χ0) is 20.0. The Morgan fingerprint density at radius 3 is 2.75 bits per heavy atom. The van der Waals surface area contributed by atoms with E-state index in [1.807, 2.05) is 6.07 Å². The van der Waals surface area contributed by atoms with E-state index in [1.54, 1.807) is 18.2 Å². The largest absolute Gasteiger partial charge is 0.493 e. The van der Waals surface area contributed by atoms with Gasteiger partial charge in [0.15, 0.2) is 22.8 Å². The van der Waals surface area contributed by atoms with Crippen LogP contribution in [0, 0.1) is 22.7 Å². The first kappa shape index (κ1) is 18.1. The van der Waals surface area contributed by atoms with Crippen molar-refractivity contribution in [3.8, 4) is 23.3 Å². The minimum Gasteiger partial charge on any atom is -0.493 e. The Morgan fingerprint density at radius 2 is 2.07 bits per heavy atom. The average molecular weight is 444 g/mol. The molecule has 8 nitrogen and oxygen atoms in total. The molecule has 0 radical (unpaired) electrons. The standard InChI is InChI=1S/C19H14BrN3O5/c1-25-13-6-8(5-11(20)16(13)26-2)14-9-3-4-12-17(28-19(24)23-12)15(9)27-18(22)10(14)7-21/h3-6,10,14,22H,1-2H3,(H,23,24). The van der Waals surface area contributed by atoms with Gasteiger partial charge in [0.1, 0.15) is 5.92 Å². The monoisotopic (exact) mass is 443 g/mol. The number of rotatable bonds is 3. The van der Waals surface area contributed by atoms with E-state index in [0.717, 1.165) is 5.56 Å². The maximum Gasteiger partial charge on any atom is 0.417 e. The maximum absolute atomic E-state index is 11.6. The number of ether oxygens (including phenoxy) is 3. The number of H-pyrrole nitrogens is 1. The third-order valence-electron chi connectivity index (χ3n) is 4.69. The van der Waals surface area contributed by atoms with Crippen molar-refractivity contribution >= 4 is 32.9 Å². The van der Waals surface area contributed by atoms with Crippen molar-refractivity contribution in [2.75, 3.05) is 14.2 Å². The molecule has 0 bridgehead atoms. The molecule has 142 valence electrons. The highest BCUT2D eigenvalue weighted by Crippen LogP contribution is 2.47. The fraction of sp³-hybridized carbons (Fsp3) is 0.211. The molecule has 2 atom stereocenters. The molecule has 1 aliphatic rings. The molecule has 2 N–H and O–H groups in total. The summed E-state index contributed by atoms with van der Waals surface area (Å²) in [4.78, 5) is 14.2. The van der Waals surface area contributed by atoms with Crippen molar-refractivity contribution in [1.82, 2.24) is 4.98 Å². The molecule has 2 heterocycles. The van der Waals surface area contributed by atoms with E-state index in [-0.39, 0.29) is 17.2 Å². The number of nitriles is 1. The molecule has 1 aromatic heterocycles. The number of hydrogen-bond donors (Lipinski definition) is 2. The minimum absolute atomic E-state index is 0.216. The molecular weight excluding hydrogens is 430 g/mol. The van der Waals surface area contributed by atoms with E-state index in [9.17, 15) is 10.1 Å². The number of fused-ring (bicyclic) bond motifs is 3. The fourth-order valence-electron chi connectivity index (χ4n) is 3.48. The lowest BCUT2D eigenvalue weighted by Gasteiger charge is -2.30. The SMILES string of the molecule is COc1cc(C2c3ccc4[nH]c(=O)oc4c3OC(=N)C2C#N)cc(Br)c1OC. The third kappa shape index (κ3) is 2.65. The van der Waals surface area contributed by atoms with E-state index in [0.29, 0.717) is 27.1 Å². The molecule has 28 heavy (non-hydrogen) atoms. The lowest BCUT2D eigenvalue weighted by molar-refractivity contribution is 0.352. The number of halogens is 1. The van der Waals surface area contributed by atoms with E-state index < -0.39 is 17.6 Å². The van der Waals surface area contributed by atoms with Crippen LogP contribution >= 0.6 is 15.9 Å². The molecule has 0 aliphatic carbocycles. The second kappa shape index (κ2) is 6.73. The van der Waals surface area contributed by atoms with Crippen molar-refractivity contribution in [2.24, 2.45) is 5.92 Å². The van der Waals surface area contributed by atoms with Gasteiger partial charge in [0, 0.05) is 11.5 Å². The number of methoxy groups -OCH3 is 2. The molecule has 0 spiro atoms. The first-order chi connectivity index (χ1) is 13.5. The molecule has 0 fully saturated rings. The Bertz CT molecular complexity index is 1210. The van der Waals surface area contributed by atoms with Gasteiger partial charge in [-0.15, -0.1) is 0 Å². The van der Waals surface area contributed by atoms with Gasteiger partial charge in [-0.3, -0.25) is 10.4 Å². The zero-order valence-electron chi connectivity index (χ0n) is 14.8. The summed E-state index contributed by atoms with van der Waals surface area (Å²) in [5.41, 5.74) is 2.03. The van der Waals surface area contributed by atoms with Crippen molar-refractivity contribution in [2.45, 2.75) is 5.92 Å². The summed E-state index contributed by atoms with van der Waals surface area (Å²) in [7, 11) is 3.05. The second-order valence-electron chi connectivity index (χ2n) is 6.16. The molecular formula is C19H14BrN3O5. The number of oxazole rings is 1. The highest BCUT2D eigenvalue weighted by atomic mass is 79.9. The molecule has 2 unspecified atom stereocenters. The van der Waals surface area contributed by atoms with Crippen molar-refractivity contribution in [3.63, 3.8) is 0 Å². The van der Waals surface area contributed by atoms with Gasteiger partial charge in [0.05, 0.1) is 30.3 Å². The summed E-state index contributed by atoms with van der Waals surface area (Å²) in [5, 5.41) is 17.9. The average Bonchev–Trinajstić information content (AvgIpc) is 3.07. The summed E-state index contributed by atoms with van der Waals surface area (Å²) < 4.78 is 22.2. The van der Waals surface area contributed by atoms with Crippen LogP contribution in [0.2, 0.25) is 0 Å². The Balaban J connectivity index is 1.99. The van der Waals surface area contributed by atoms with E-state index in [1.165, 1.54) is 14.2 Å². The summed E-state index contributed by atoms with van der Waals surface area (Å²) in [5.74, 6) is -0.967. The second-order valence-corrected chi connectivity index (χ2v) is 7.02. The number of nitrogens with zero attached hydrogens (tertiary/aromatic N) is 1. The number of aromatic nitrogens is 1. The highest BCUT2D eigenvalue weighted by Gasteiger charge is 2.39. The van der Waals surface area contributed by atoms with E-state index in [2.05, 4.69) is 27.0 Å². The molecule has 0 amide bonds. The molecule has 0 saturated carbocycles. The molecule has 3 aromatic rings. The van der Waals surface area contributed by atoms with Crippen LogP contribution in [-0.2, 0) is 0 Å². The fourth-order valence-corrected chi connectivity index (χ4v) is 4.10. The predicted molar refractivity (Wildman–Crippen MR) is 103 cm³/mol. The number of nitrogens with one attached hydrogen (secondary N) is 2. The quantitative estimate of drug-likeness (QED) is 0.638. The minimum atomic E-state index is -0.861. The Kier molecular flexibility index (Phi) is 4.35. The summed E-state index contributed by atoms with van der Waals surface area (Å²) >= 11 is 3.47. The third-order valence-corrected chi connectivity index (χ3v) is 5.28. The molecule has 1 aliphatic heterocycles. The van der Waals surface area contributed by atoms with Gasteiger partial charge in [-0.2, -0.15) is 5.26 Å². The normalized spacial score (nSPS) is 18.3. The van der Waals surface area contributed by atoms with Crippen molar-refractivity contribution < 1.29 is 18.6 Å². The Hall–Kier alpha value is -3.25. The predicted octanol–water partition coefficient (Wildman–Crippen LogP) is 3.54. The van der Waals surface area contributed by atoms with Gasteiger partial charge >= 0.3 is 5.76 Å². The van der Waals surface area contributed by atoms with Gasteiger partial charge in [0.2, 0.25) is 5.90 Å². The highest BCUT2D eigenvalue weighted by molar-refractivity contribution is 9.10. The topological polar surface area (TPSA) is 121 Å². The van der Waals surface area contributed by atoms with Crippen LogP contribution in [0.1, 0.15) is 17.0 Å². The zero-order valence-corrected chi connectivity index (χ0v) is 16.4. The van der Waals surface area contributed by atoms with Crippen LogP contribution < -0.4 is 20.0 Å². The Labute approximate surface area is 167 Å². The maximum atomic E-state index is 11.6. The molecule has 4 rings (SSSR count). The van der Waals surface area contributed by atoms with E-state index >= 15 is 0 Å². The lowest BCUT2D eigenvalue weighted by atomic mass is 9.79. The summed E-state index contributed by atoms with van der Waals surface area (Å²) in [6.07, 6.45) is 0. The van der Waals surface area contributed by atoms with Crippen molar-refractivity contribution in [1.29, 1.82) is 10.7 Å². The van der Waals surface area contributed by atoms with Crippen LogP contribution in [-0.4, -0.2) is 25.1 Å². The molecule has 2 aromatic carbocycles. The first-order valence-electron chi connectivity index (χ1n) is 8.21. The van der Waals surface area contributed by atoms with Gasteiger partial charge in [-0.1, -0.05) is 6.07 Å². The van der Waals surface area contributed by atoms with Gasteiger partial charge in [-0.25, -0.2) is 4.79 Å². The number of benzene rings is 2. The smallest absolute Gasteiger partial charge is 0.417 e. The Morgan fingerprint density at radius 1 is 1.29 bits per heavy atom. The van der Waals surface area contributed by atoms with Crippen LogP contribution in [0.15, 0.2) is 37.9 Å². The number of hydrogen-bond acceptors (Lipinski definition) is 7.